The van der Waals surface area contributed by atoms with Crippen LogP contribution in [0.4, 0.5) is 5.69 Å². The number of piperidine rings is 1. The molecule has 8 heteroatoms. The molecular formula is C17H25N3O4S. The van der Waals surface area contributed by atoms with Crippen molar-refractivity contribution < 1.29 is 18.0 Å². The smallest absolute Gasteiger partial charge is 0.246 e. The van der Waals surface area contributed by atoms with Crippen LogP contribution in [0, 0.1) is 12.8 Å². The van der Waals surface area contributed by atoms with E-state index in [0.717, 1.165) is 16.1 Å². The summed E-state index contributed by atoms with van der Waals surface area (Å²) in [5, 5.41) is 0. The van der Waals surface area contributed by atoms with E-state index >= 15 is 0 Å². The normalized spacial score (nSPS) is 17.2. The Labute approximate surface area is 148 Å². The maximum absolute atomic E-state index is 12.8. The molecule has 1 aromatic carbocycles. The molecule has 2 rings (SSSR count). The van der Waals surface area contributed by atoms with Crippen LogP contribution in [0.1, 0.15) is 25.3 Å². The third kappa shape index (κ3) is 4.50. The van der Waals surface area contributed by atoms with Gasteiger partial charge in [0.05, 0.1) is 11.9 Å². The van der Waals surface area contributed by atoms with Gasteiger partial charge in [0.1, 0.15) is 6.04 Å². The number of hydrogen-bond donors (Lipinski definition) is 1. The number of benzene rings is 1. The van der Waals surface area contributed by atoms with Crippen molar-refractivity contribution in [2.45, 2.75) is 32.7 Å². The summed E-state index contributed by atoms with van der Waals surface area (Å²) in [4.78, 5) is 25.7. The molecule has 1 aromatic rings. The maximum Gasteiger partial charge on any atom is 0.246 e. The summed E-state index contributed by atoms with van der Waals surface area (Å²) in [6.07, 6.45) is 2.12. The maximum atomic E-state index is 12.8. The van der Waals surface area contributed by atoms with Crippen molar-refractivity contribution in [3.63, 3.8) is 0 Å². The fourth-order valence-corrected chi connectivity index (χ4v) is 4.38. The van der Waals surface area contributed by atoms with Crippen LogP contribution < -0.4 is 10.0 Å². The number of primary amides is 1. The number of amides is 2. The Morgan fingerprint density at radius 3 is 2.36 bits per heavy atom. The Morgan fingerprint density at radius 2 is 1.88 bits per heavy atom. The van der Waals surface area contributed by atoms with Crippen LogP contribution in [0.15, 0.2) is 24.3 Å². The Bertz CT molecular complexity index is 755. The van der Waals surface area contributed by atoms with Gasteiger partial charge in [-0.2, -0.15) is 0 Å². The Hall–Kier alpha value is -2.09. The molecule has 1 atom stereocenters. The lowest BCUT2D eigenvalue weighted by Crippen LogP contribution is -2.52. The van der Waals surface area contributed by atoms with Gasteiger partial charge in [0, 0.05) is 19.0 Å². The molecule has 2 N–H and O–H groups in total. The number of anilines is 1. The summed E-state index contributed by atoms with van der Waals surface area (Å²) in [5.74, 6) is -0.838. The summed E-state index contributed by atoms with van der Waals surface area (Å²) >= 11 is 0. The van der Waals surface area contributed by atoms with Crippen LogP contribution in [-0.4, -0.2) is 50.5 Å². The molecule has 25 heavy (non-hydrogen) atoms. The van der Waals surface area contributed by atoms with E-state index in [9.17, 15) is 18.0 Å². The minimum absolute atomic E-state index is 0.220. The van der Waals surface area contributed by atoms with Crippen molar-refractivity contribution in [3.05, 3.63) is 29.8 Å². The van der Waals surface area contributed by atoms with Gasteiger partial charge in [-0.3, -0.25) is 13.9 Å². The number of hydrogen-bond acceptors (Lipinski definition) is 4. The van der Waals surface area contributed by atoms with Crippen molar-refractivity contribution in [3.8, 4) is 0 Å². The molecule has 0 aliphatic carbocycles. The molecule has 138 valence electrons. The number of carbonyl (C=O) groups excluding carboxylic acids is 2. The summed E-state index contributed by atoms with van der Waals surface area (Å²) < 4.78 is 25.8. The van der Waals surface area contributed by atoms with Crippen molar-refractivity contribution in [1.82, 2.24) is 4.90 Å². The molecule has 0 aromatic heterocycles. The van der Waals surface area contributed by atoms with E-state index in [0.29, 0.717) is 31.6 Å². The topological polar surface area (TPSA) is 101 Å². The Morgan fingerprint density at radius 1 is 1.28 bits per heavy atom. The quantitative estimate of drug-likeness (QED) is 0.834. The first-order valence-electron chi connectivity index (χ1n) is 8.25. The number of aryl methyl sites for hydroxylation is 1. The lowest BCUT2D eigenvalue weighted by Gasteiger charge is -2.36. The minimum atomic E-state index is -3.63. The SMILES string of the molecule is Cc1cccc(N([C@@H](C)C(=O)N2CCC(C(N)=O)CC2)S(C)(=O)=O)c1. The van der Waals surface area contributed by atoms with Crippen LogP contribution in [0.5, 0.6) is 0 Å². The molecule has 1 saturated heterocycles. The minimum Gasteiger partial charge on any atom is -0.369 e. The van der Waals surface area contributed by atoms with Crippen molar-refractivity contribution in [2.24, 2.45) is 11.7 Å². The first kappa shape index (κ1) is 19.2. The van der Waals surface area contributed by atoms with E-state index in [2.05, 4.69) is 0 Å². The predicted molar refractivity (Wildman–Crippen MR) is 96.5 cm³/mol. The zero-order chi connectivity index (χ0) is 18.8. The fourth-order valence-electron chi connectivity index (χ4n) is 3.22. The second-order valence-electron chi connectivity index (χ2n) is 6.58. The number of sulfonamides is 1. The molecule has 0 unspecified atom stereocenters. The molecule has 1 aliphatic rings. The summed E-state index contributed by atoms with van der Waals surface area (Å²) in [6, 6.07) is 6.19. The van der Waals surface area contributed by atoms with Gasteiger partial charge in [-0.15, -0.1) is 0 Å². The van der Waals surface area contributed by atoms with Gasteiger partial charge in [-0.25, -0.2) is 8.42 Å². The van der Waals surface area contributed by atoms with Crippen LogP contribution in [0.25, 0.3) is 0 Å². The van der Waals surface area contributed by atoms with Crippen LogP contribution >= 0.6 is 0 Å². The molecule has 1 heterocycles. The number of carbonyl (C=O) groups is 2. The first-order chi connectivity index (χ1) is 11.6. The van der Waals surface area contributed by atoms with Crippen molar-refractivity contribution >= 4 is 27.5 Å². The molecular weight excluding hydrogens is 342 g/mol. The monoisotopic (exact) mass is 367 g/mol. The highest BCUT2D eigenvalue weighted by molar-refractivity contribution is 7.92. The zero-order valence-electron chi connectivity index (χ0n) is 14.8. The Kier molecular flexibility index (Phi) is 5.72. The predicted octanol–water partition coefficient (Wildman–Crippen LogP) is 0.873. The zero-order valence-corrected chi connectivity index (χ0v) is 15.6. The third-order valence-corrected chi connectivity index (χ3v) is 5.77. The number of likely N-dealkylation sites (tertiary alicyclic amines) is 1. The van der Waals surface area contributed by atoms with Gasteiger partial charge in [0.2, 0.25) is 21.8 Å². The Balaban J connectivity index is 2.21. The summed E-state index contributed by atoms with van der Waals surface area (Å²) in [6.45, 7) is 4.27. The van der Waals surface area contributed by atoms with Gasteiger partial charge in [0.15, 0.2) is 0 Å². The molecule has 1 aliphatic heterocycles. The highest BCUT2D eigenvalue weighted by Gasteiger charge is 2.34. The fraction of sp³-hybridized carbons (Fsp3) is 0.529. The molecule has 0 saturated carbocycles. The molecule has 2 amide bonds. The van der Waals surface area contributed by atoms with Gasteiger partial charge >= 0.3 is 0 Å². The second-order valence-corrected chi connectivity index (χ2v) is 8.44. The first-order valence-corrected chi connectivity index (χ1v) is 10.1. The average molecular weight is 367 g/mol. The summed E-state index contributed by atoms with van der Waals surface area (Å²) in [5.41, 5.74) is 6.69. The second kappa shape index (κ2) is 7.43. The van der Waals surface area contributed by atoms with Gasteiger partial charge in [-0.05, 0) is 44.4 Å². The van der Waals surface area contributed by atoms with Crippen molar-refractivity contribution in [2.75, 3.05) is 23.7 Å². The molecule has 7 nitrogen and oxygen atoms in total. The number of rotatable bonds is 5. The summed E-state index contributed by atoms with van der Waals surface area (Å²) in [7, 11) is -3.63. The lowest BCUT2D eigenvalue weighted by molar-refractivity contribution is -0.135. The van der Waals surface area contributed by atoms with E-state index in [1.807, 2.05) is 13.0 Å². The highest BCUT2D eigenvalue weighted by Crippen LogP contribution is 2.24. The lowest BCUT2D eigenvalue weighted by atomic mass is 9.96. The molecule has 0 spiro atoms. The number of nitrogens with zero attached hydrogens (tertiary/aromatic N) is 2. The third-order valence-electron chi connectivity index (χ3n) is 4.53. The van der Waals surface area contributed by atoms with Gasteiger partial charge < -0.3 is 10.6 Å². The van der Waals surface area contributed by atoms with E-state index in [1.54, 1.807) is 30.0 Å². The average Bonchev–Trinajstić information content (AvgIpc) is 2.53. The highest BCUT2D eigenvalue weighted by atomic mass is 32.2. The van der Waals surface area contributed by atoms with Crippen LogP contribution in [-0.2, 0) is 19.6 Å². The molecule has 0 radical (unpaired) electrons. The van der Waals surface area contributed by atoms with E-state index in [-0.39, 0.29) is 17.7 Å². The van der Waals surface area contributed by atoms with Gasteiger partial charge in [0.25, 0.3) is 0 Å². The van der Waals surface area contributed by atoms with Crippen LogP contribution in [0.3, 0.4) is 0 Å². The standard InChI is InChI=1S/C17H25N3O4S/c1-12-5-4-6-15(11-12)20(25(3,23)24)13(2)17(22)19-9-7-14(8-10-19)16(18)21/h4-6,11,13-14H,7-10H2,1-3H3,(H2,18,21)/t13-/m0/s1. The molecule has 0 bridgehead atoms. The van der Waals surface area contributed by atoms with E-state index < -0.39 is 16.1 Å². The van der Waals surface area contributed by atoms with E-state index in [4.69, 9.17) is 5.73 Å². The van der Waals surface area contributed by atoms with Gasteiger partial charge in [-0.1, -0.05) is 12.1 Å². The largest absolute Gasteiger partial charge is 0.369 e. The van der Waals surface area contributed by atoms with E-state index in [1.165, 1.54) is 0 Å². The van der Waals surface area contributed by atoms with Crippen LogP contribution in [0.2, 0.25) is 0 Å². The van der Waals surface area contributed by atoms with Crippen molar-refractivity contribution in [1.29, 1.82) is 0 Å². The number of nitrogens with two attached hydrogens (primary N) is 1. The molecule has 1 fully saturated rings.